The lowest BCUT2D eigenvalue weighted by Crippen LogP contribution is -2.48. The van der Waals surface area contributed by atoms with E-state index in [0.717, 1.165) is 30.5 Å². The summed E-state index contributed by atoms with van der Waals surface area (Å²) in [6, 6.07) is 13.1. The summed E-state index contributed by atoms with van der Waals surface area (Å²) in [7, 11) is 1.56. The molecule has 1 saturated heterocycles. The SMILES string of the molecule is COCCn1nc(C(=O)N2CCN(Cc3cccc4cccnc34)CC2)ccc1=O. The van der Waals surface area contributed by atoms with Crippen LogP contribution in [0.2, 0.25) is 0 Å². The van der Waals surface area contributed by atoms with Crippen molar-refractivity contribution in [3.63, 3.8) is 0 Å². The topological polar surface area (TPSA) is 80.6 Å². The van der Waals surface area contributed by atoms with Crippen LogP contribution in [0, 0.1) is 0 Å². The molecule has 0 aliphatic carbocycles. The number of carbonyl (C=O) groups excluding carboxylic acids is 1. The molecule has 0 bridgehead atoms. The lowest BCUT2D eigenvalue weighted by molar-refractivity contribution is 0.0619. The second kappa shape index (κ2) is 9.15. The molecule has 0 atom stereocenters. The summed E-state index contributed by atoms with van der Waals surface area (Å²) in [6.45, 7) is 4.29. The molecular formula is C22H25N5O3. The quantitative estimate of drug-likeness (QED) is 0.614. The van der Waals surface area contributed by atoms with Gasteiger partial charge in [0.05, 0.1) is 18.7 Å². The van der Waals surface area contributed by atoms with E-state index >= 15 is 0 Å². The van der Waals surface area contributed by atoms with Crippen LogP contribution in [-0.4, -0.2) is 70.4 Å². The molecule has 1 aliphatic heterocycles. The predicted octanol–water partition coefficient (Wildman–Crippen LogP) is 1.40. The van der Waals surface area contributed by atoms with Gasteiger partial charge in [-0.15, -0.1) is 0 Å². The van der Waals surface area contributed by atoms with Crippen LogP contribution in [0.4, 0.5) is 0 Å². The zero-order valence-electron chi connectivity index (χ0n) is 17.0. The number of nitrogens with zero attached hydrogens (tertiary/aromatic N) is 5. The third-order valence-electron chi connectivity index (χ3n) is 5.36. The van der Waals surface area contributed by atoms with Crippen molar-refractivity contribution in [2.24, 2.45) is 0 Å². The molecule has 30 heavy (non-hydrogen) atoms. The van der Waals surface area contributed by atoms with E-state index in [1.165, 1.54) is 22.4 Å². The van der Waals surface area contributed by atoms with Crippen molar-refractivity contribution in [3.05, 3.63) is 70.3 Å². The number of amides is 1. The van der Waals surface area contributed by atoms with Crippen molar-refractivity contribution >= 4 is 16.8 Å². The number of piperazine rings is 1. The molecule has 0 unspecified atom stereocenters. The zero-order valence-corrected chi connectivity index (χ0v) is 17.0. The highest BCUT2D eigenvalue weighted by molar-refractivity contribution is 5.92. The van der Waals surface area contributed by atoms with Gasteiger partial charge < -0.3 is 9.64 Å². The Morgan fingerprint density at radius 2 is 1.87 bits per heavy atom. The molecule has 4 rings (SSSR count). The van der Waals surface area contributed by atoms with E-state index in [-0.39, 0.29) is 17.2 Å². The first-order valence-electron chi connectivity index (χ1n) is 10.1. The zero-order chi connectivity index (χ0) is 20.9. The second-order valence-electron chi connectivity index (χ2n) is 7.33. The van der Waals surface area contributed by atoms with Crippen molar-refractivity contribution in [2.75, 3.05) is 39.9 Å². The number of para-hydroxylation sites is 1. The third-order valence-corrected chi connectivity index (χ3v) is 5.36. The predicted molar refractivity (Wildman–Crippen MR) is 113 cm³/mol. The Morgan fingerprint density at radius 1 is 1.07 bits per heavy atom. The van der Waals surface area contributed by atoms with Crippen LogP contribution in [0.1, 0.15) is 16.1 Å². The molecule has 3 aromatic rings. The molecule has 2 aromatic heterocycles. The number of hydrogen-bond donors (Lipinski definition) is 0. The number of carbonyl (C=O) groups is 1. The Bertz CT molecular complexity index is 1080. The van der Waals surface area contributed by atoms with Crippen molar-refractivity contribution in [3.8, 4) is 0 Å². The Balaban J connectivity index is 1.39. The summed E-state index contributed by atoms with van der Waals surface area (Å²) in [6.07, 6.45) is 1.82. The third kappa shape index (κ3) is 4.39. The van der Waals surface area contributed by atoms with Crippen LogP contribution in [0.5, 0.6) is 0 Å². The van der Waals surface area contributed by atoms with Crippen LogP contribution in [-0.2, 0) is 17.8 Å². The Hall–Kier alpha value is -3.10. The van der Waals surface area contributed by atoms with Crippen LogP contribution >= 0.6 is 0 Å². The maximum Gasteiger partial charge on any atom is 0.274 e. The first-order chi connectivity index (χ1) is 14.7. The van der Waals surface area contributed by atoms with Crippen molar-refractivity contribution in [1.29, 1.82) is 0 Å². The Kier molecular flexibility index (Phi) is 6.15. The summed E-state index contributed by atoms with van der Waals surface area (Å²) in [5.41, 5.74) is 2.27. The number of rotatable bonds is 6. The van der Waals surface area contributed by atoms with E-state index in [4.69, 9.17) is 4.74 Å². The lowest BCUT2D eigenvalue weighted by atomic mass is 10.1. The van der Waals surface area contributed by atoms with Gasteiger partial charge in [0.2, 0.25) is 0 Å². The van der Waals surface area contributed by atoms with Crippen LogP contribution in [0.15, 0.2) is 53.5 Å². The molecule has 3 heterocycles. The first kappa shape index (κ1) is 20.2. The first-order valence-corrected chi connectivity index (χ1v) is 10.1. The molecule has 1 aromatic carbocycles. The minimum absolute atomic E-state index is 0.146. The van der Waals surface area contributed by atoms with Gasteiger partial charge in [-0.1, -0.05) is 24.3 Å². The highest BCUT2D eigenvalue weighted by Crippen LogP contribution is 2.18. The van der Waals surface area contributed by atoms with Gasteiger partial charge >= 0.3 is 0 Å². The average Bonchev–Trinajstić information content (AvgIpc) is 2.79. The summed E-state index contributed by atoms with van der Waals surface area (Å²) in [5, 5.41) is 5.35. The summed E-state index contributed by atoms with van der Waals surface area (Å²) < 4.78 is 6.28. The largest absolute Gasteiger partial charge is 0.383 e. The maximum atomic E-state index is 12.9. The Labute approximate surface area is 174 Å². The van der Waals surface area contributed by atoms with E-state index < -0.39 is 0 Å². The monoisotopic (exact) mass is 407 g/mol. The van der Waals surface area contributed by atoms with Crippen molar-refractivity contribution in [1.82, 2.24) is 24.6 Å². The van der Waals surface area contributed by atoms with Gasteiger partial charge in [-0.3, -0.25) is 19.5 Å². The van der Waals surface area contributed by atoms with E-state index in [2.05, 4.69) is 39.2 Å². The van der Waals surface area contributed by atoms with E-state index in [0.29, 0.717) is 26.2 Å². The average molecular weight is 407 g/mol. The number of aromatic nitrogens is 3. The van der Waals surface area contributed by atoms with Gasteiger partial charge in [0.15, 0.2) is 0 Å². The lowest BCUT2D eigenvalue weighted by Gasteiger charge is -2.34. The fourth-order valence-electron chi connectivity index (χ4n) is 3.71. The van der Waals surface area contributed by atoms with Gasteiger partial charge in [-0.05, 0) is 17.7 Å². The fraction of sp³-hybridized carbons (Fsp3) is 0.364. The second-order valence-corrected chi connectivity index (χ2v) is 7.33. The highest BCUT2D eigenvalue weighted by atomic mass is 16.5. The minimum atomic E-state index is -0.239. The molecule has 8 heteroatoms. The highest BCUT2D eigenvalue weighted by Gasteiger charge is 2.24. The molecule has 1 amide bonds. The standard InChI is InChI=1S/C22H25N5O3/c1-30-15-14-27-20(28)8-7-19(24-27)22(29)26-12-10-25(11-13-26)16-18-5-2-4-17-6-3-9-23-21(17)18/h2-9H,10-16H2,1H3. The molecule has 0 radical (unpaired) electrons. The van der Waals surface area contributed by atoms with Crippen LogP contribution in [0.3, 0.4) is 0 Å². The summed E-state index contributed by atoms with van der Waals surface area (Å²) in [4.78, 5) is 33.4. The molecule has 0 saturated carbocycles. The van der Waals surface area contributed by atoms with Crippen molar-refractivity contribution < 1.29 is 9.53 Å². The molecule has 156 valence electrons. The minimum Gasteiger partial charge on any atom is -0.383 e. The fourth-order valence-corrected chi connectivity index (χ4v) is 3.71. The van der Waals surface area contributed by atoms with Gasteiger partial charge in [0.25, 0.3) is 11.5 Å². The van der Waals surface area contributed by atoms with Crippen LogP contribution in [0.25, 0.3) is 10.9 Å². The number of benzene rings is 1. The maximum absolute atomic E-state index is 12.9. The summed E-state index contributed by atoms with van der Waals surface area (Å²) >= 11 is 0. The molecule has 0 N–H and O–H groups in total. The number of fused-ring (bicyclic) bond motifs is 1. The van der Waals surface area contributed by atoms with Gasteiger partial charge in [0, 0.05) is 57.5 Å². The molecule has 1 fully saturated rings. The smallest absolute Gasteiger partial charge is 0.274 e. The molecule has 8 nitrogen and oxygen atoms in total. The molecular weight excluding hydrogens is 382 g/mol. The summed E-state index contributed by atoms with van der Waals surface area (Å²) in [5.74, 6) is -0.146. The van der Waals surface area contributed by atoms with Crippen LogP contribution < -0.4 is 5.56 Å². The molecule has 1 aliphatic rings. The number of pyridine rings is 1. The van der Waals surface area contributed by atoms with Crippen molar-refractivity contribution in [2.45, 2.75) is 13.1 Å². The van der Waals surface area contributed by atoms with Gasteiger partial charge in [-0.25, -0.2) is 4.68 Å². The number of methoxy groups -OCH3 is 1. The van der Waals surface area contributed by atoms with E-state index in [1.807, 2.05) is 12.3 Å². The molecule has 0 spiro atoms. The number of hydrogen-bond acceptors (Lipinski definition) is 6. The van der Waals surface area contributed by atoms with Gasteiger partial charge in [0.1, 0.15) is 5.69 Å². The van der Waals surface area contributed by atoms with Gasteiger partial charge in [-0.2, -0.15) is 5.10 Å². The van der Waals surface area contributed by atoms with E-state index in [1.54, 1.807) is 12.0 Å². The Morgan fingerprint density at radius 3 is 2.67 bits per heavy atom. The number of ether oxygens (including phenoxy) is 1. The van der Waals surface area contributed by atoms with E-state index in [9.17, 15) is 9.59 Å². The normalized spacial score (nSPS) is 14.9.